The van der Waals surface area contributed by atoms with Gasteiger partial charge in [0.05, 0.1) is 43.9 Å². The van der Waals surface area contributed by atoms with Crippen LogP contribution in [0.5, 0.6) is 0 Å². The molecule has 21 heteroatoms. The van der Waals surface area contributed by atoms with Gasteiger partial charge in [0.2, 0.25) is 11.8 Å². The highest BCUT2D eigenvalue weighted by Gasteiger charge is 2.52. The van der Waals surface area contributed by atoms with Crippen LogP contribution in [0.1, 0.15) is 62.5 Å². The van der Waals surface area contributed by atoms with E-state index in [9.17, 15) is 43.2 Å². The molecule has 5 aromatic rings. The summed E-state index contributed by atoms with van der Waals surface area (Å²) in [6.07, 6.45) is -1.11. The number of para-hydroxylation sites is 3. The molecule has 78 heavy (non-hydrogen) atoms. The summed E-state index contributed by atoms with van der Waals surface area (Å²) in [5.41, 5.74) is -0.276. The molecule has 20 nitrogen and oxygen atoms in total. The van der Waals surface area contributed by atoms with Gasteiger partial charge in [0.25, 0.3) is 0 Å². The number of piperazine rings is 1. The fraction of sp³-hybridized carbons (Fsp3) is 0.281. The molecule has 0 radical (unpaired) electrons. The van der Waals surface area contributed by atoms with Crippen LogP contribution in [0.15, 0.2) is 151 Å². The Morgan fingerprint density at radius 1 is 0.756 bits per heavy atom. The zero-order valence-electron chi connectivity index (χ0n) is 43.4. The molecule has 0 spiro atoms. The number of ether oxygens (including phenoxy) is 4. The number of benzene rings is 5. The van der Waals surface area contributed by atoms with Gasteiger partial charge in [0, 0.05) is 17.3 Å². The minimum atomic E-state index is -1.85. The Morgan fingerprint density at radius 2 is 1.35 bits per heavy atom. The van der Waals surface area contributed by atoms with Crippen molar-refractivity contribution >= 4 is 82.6 Å². The highest BCUT2D eigenvalue weighted by molar-refractivity contribution is 8.00. The van der Waals surface area contributed by atoms with E-state index in [0.717, 1.165) is 0 Å². The summed E-state index contributed by atoms with van der Waals surface area (Å²) in [6, 6.07) is 38.4. The van der Waals surface area contributed by atoms with Gasteiger partial charge in [-0.3, -0.25) is 34.7 Å². The first-order valence-electron chi connectivity index (χ1n) is 25.0. The van der Waals surface area contributed by atoms with Gasteiger partial charge in [0.1, 0.15) is 30.1 Å². The van der Waals surface area contributed by atoms with Crippen LogP contribution in [-0.4, -0.2) is 120 Å². The number of carbonyl (C=O) groups excluding carboxylic acids is 9. The Morgan fingerprint density at radius 3 is 1.96 bits per heavy atom. The second-order valence-electron chi connectivity index (χ2n) is 19.3. The second-order valence-corrected chi connectivity index (χ2v) is 20.6. The highest BCUT2D eigenvalue weighted by Crippen LogP contribution is 2.42. The number of hydrogen-bond acceptors (Lipinski definition) is 14. The lowest BCUT2D eigenvalue weighted by molar-refractivity contribution is -0.152. The first kappa shape index (κ1) is 55.4. The summed E-state index contributed by atoms with van der Waals surface area (Å²) < 4.78 is 22.1. The summed E-state index contributed by atoms with van der Waals surface area (Å²) in [5.74, 6) is -4.75. The SMILES string of the molecule is CC[N+]1(c2ccccc2NC(=O)OCC(C(=O)OC)(c2ccccc2)c2ccccc2NC(=O)OC(C)(C)C)CCN(C(=O)NCC(=O)NC2C=C(C(=O)OC(c3ccccc3)c3ccccc3)N3C(=O)C[C@@H]3S2)C(=O)C1=O. The Kier molecular flexibility index (Phi) is 16.8. The van der Waals surface area contributed by atoms with Crippen molar-refractivity contribution < 1.29 is 62.1 Å². The molecular formula is C57H58N7O13S+. The number of hydrogen-bond donors (Lipinski definition) is 4. The van der Waals surface area contributed by atoms with Gasteiger partial charge < -0.3 is 29.6 Å². The van der Waals surface area contributed by atoms with Crippen molar-refractivity contribution in [1.82, 2.24) is 24.9 Å². The molecule has 3 aliphatic rings. The van der Waals surface area contributed by atoms with Gasteiger partial charge in [-0.15, -0.1) is 11.8 Å². The molecule has 8 rings (SSSR count). The van der Waals surface area contributed by atoms with E-state index >= 15 is 0 Å². The maximum absolute atomic E-state index is 14.3. The molecule has 4 N–H and O–H groups in total. The van der Waals surface area contributed by atoms with Crippen molar-refractivity contribution in [1.29, 1.82) is 0 Å². The van der Waals surface area contributed by atoms with Crippen LogP contribution in [-0.2, 0) is 53.1 Å². The van der Waals surface area contributed by atoms with Gasteiger partial charge in [-0.2, -0.15) is 0 Å². The number of nitrogens with one attached hydrogen (secondary N) is 4. The van der Waals surface area contributed by atoms with Crippen LogP contribution in [0.4, 0.5) is 31.4 Å². The number of amides is 8. The summed E-state index contributed by atoms with van der Waals surface area (Å²) in [7, 11) is 1.18. The number of rotatable bonds is 16. The van der Waals surface area contributed by atoms with Gasteiger partial charge >= 0.3 is 42.0 Å². The van der Waals surface area contributed by atoms with E-state index in [-0.39, 0.29) is 60.3 Å². The molecule has 8 amide bonds. The zero-order chi connectivity index (χ0) is 55.8. The van der Waals surface area contributed by atoms with Crippen molar-refractivity contribution in [2.45, 2.75) is 62.0 Å². The fourth-order valence-electron chi connectivity index (χ4n) is 9.49. The Hall–Kier alpha value is -8.82. The quantitative estimate of drug-likeness (QED) is 0.0253. The van der Waals surface area contributed by atoms with Crippen LogP contribution >= 0.6 is 11.8 Å². The van der Waals surface area contributed by atoms with Crippen LogP contribution in [0.3, 0.4) is 0 Å². The predicted molar refractivity (Wildman–Crippen MR) is 288 cm³/mol. The number of fused-ring (bicyclic) bond motifs is 1. The summed E-state index contributed by atoms with van der Waals surface area (Å²) in [6.45, 7) is 5.13. The Labute approximate surface area is 454 Å². The second kappa shape index (κ2) is 23.6. The van der Waals surface area contributed by atoms with Gasteiger partial charge in [-0.25, -0.2) is 33.4 Å². The molecule has 0 bridgehead atoms. The summed E-state index contributed by atoms with van der Waals surface area (Å²) >= 11 is 1.22. The van der Waals surface area contributed by atoms with Crippen LogP contribution in [0.25, 0.3) is 0 Å². The third-order valence-electron chi connectivity index (χ3n) is 13.3. The molecule has 5 aromatic carbocycles. The van der Waals surface area contributed by atoms with Crippen molar-refractivity contribution in [3.63, 3.8) is 0 Å². The number of imide groups is 1. The molecule has 3 aliphatic heterocycles. The number of urea groups is 1. The summed E-state index contributed by atoms with van der Waals surface area (Å²) in [4.78, 5) is 125. The maximum atomic E-state index is 14.3. The number of carbonyl (C=O) groups is 9. The van der Waals surface area contributed by atoms with E-state index in [1.165, 1.54) is 35.9 Å². The topological polar surface area (TPSA) is 245 Å². The number of methoxy groups -OCH3 is 1. The third kappa shape index (κ3) is 11.8. The molecule has 4 atom stereocenters. The van der Waals surface area contributed by atoms with E-state index in [4.69, 9.17) is 18.9 Å². The standard InChI is InChI=1S/C57H57N7O13S/c1-6-64(43-29-19-18-28-41(43)60-54(72)75-35-57(52(70)74-5,38-24-14-9-15-25-38)39-26-16-17-27-40(39)59-55(73)77-56(2,3)4)31-30-62(49(67)50(64)68)53(71)58-34-44(65)61-45-32-42(63-46(66)33-47(63)78-45)51(69)76-48(36-20-10-7-11-21-36)37-22-12-8-13-23-37/h7-29,32,45,47-48H,6,30-31,33-35H2,1-5H3,(H3-,58,59,60,61,65,71,72,73)/p+1/t45?,47-,57?,64?/m0/s1. The highest BCUT2D eigenvalue weighted by atomic mass is 32.2. The predicted octanol–water partition coefficient (Wildman–Crippen LogP) is 7.11. The fourth-order valence-corrected chi connectivity index (χ4v) is 10.8. The lowest BCUT2D eigenvalue weighted by Gasteiger charge is -2.45. The maximum Gasteiger partial charge on any atom is 0.412 e. The normalized spacial score (nSPS) is 18.7. The largest absolute Gasteiger partial charge is 0.468 e. The molecule has 3 heterocycles. The van der Waals surface area contributed by atoms with Gasteiger partial charge in [-0.05, 0) is 62.6 Å². The number of esters is 2. The van der Waals surface area contributed by atoms with Crippen molar-refractivity contribution in [3.05, 3.63) is 174 Å². The minimum Gasteiger partial charge on any atom is -0.468 e. The van der Waals surface area contributed by atoms with Gasteiger partial charge in [0.15, 0.2) is 17.2 Å². The minimum absolute atomic E-state index is 0.0162. The molecule has 3 unspecified atom stereocenters. The van der Waals surface area contributed by atoms with Crippen LogP contribution in [0.2, 0.25) is 0 Å². The van der Waals surface area contributed by atoms with Crippen molar-refractivity contribution in [2.75, 3.05) is 50.5 Å². The molecule has 2 fully saturated rings. The average molecular weight is 1080 g/mol. The van der Waals surface area contributed by atoms with E-state index in [1.807, 2.05) is 60.7 Å². The number of quaternary nitrogens is 1. The zero-order valence-corrected chi connectivity index (χ0v) is 44.2. The van der Waals surface area contributed by atoms with Crippen LogP contribution < -0.4 is 25.8 Å². The lowest BCUT2D eigenvalue weighted by atomic mass is 9.74. The molecule has 2 saturated heterocycles. The molecule has 0 aromatic heterocycles. The smallest absolute Gasteiger partial charge is 0.412 e. The average Bonchev–Trinajstić information content (AvgIpc) is 3.61. The molecule has 0 aliphatic carbocycles. The van der Waals surface area contributed by atoms with Gasteiger partial charge in [-0.1, -0.05) is 121 Å². The van der Waals surface area contributed by atoms with E-state index in [2.05, 4.69) is 21.3 Å². The van der Waals surface area contributed by atoms with Crippen molar-refractivity contribution in [2.24, 2.45) is 0 Å². The number of likely N-dealkylation sites (N-methyl/N-ethyl adjacent to an activating group) is 1. The first-order chi connectivity index (χ1) is 37.4. The number of nitrogens with zero attached hydrogens (tertiary/aromatic N) is 3. The van der Waals surface area contributed by atoms with Crippen LogP contribution in [0, 0.1) is 0 Å². The monoisotopic (exact) mass is 1080 g/mol. The number of β-lactam (4-membered cyclic amide) rings is 1. The van der Waals surface area contributed by atoms with E-state index in [1.54, 1.807) is 100 Å². The molecule has 404 valence electrons. The molecule has 0 saturated carbocycles. The first-order valence-corrected chi connectivity index (χ1v) is 25.9. The van der Waals surface area contributed by atoms with E-state index in [0.29, 0.717) is 21.6 Å². The Balaban J connectivity index is 0.929. The van der Waals surface area contributed by atoms with E-state index < -0.39 is 93.4 Å². The Bertz CT molecular complexity index is 3120. The number of anilines is 2. The number of thioether (sulfide) groups is 1. The van der Waals surface area contributed by atoms with Crippen molar-refractivity contribution in [3.8, 4) is 0 Å². The molecular weight excluding hydrogens is 1020 g/mol. The lowest BCUT2D eigenvalue weighted by Crippen LogP contribution is -2.69. The third-order valence-corrected chi connectivity index (χ3v) is 14.5. The summed E-state index contributed by atoms with van der Waals surface area (Å²) in [5, 5.41) is 9.27.